The molecule has 0 saturated carbocycles. The van der Waals surface area contributed by atoms with Crippen LogP contribution in [0.15, 0.2) is 81.7 Å². The fraction of sp³-hybridized carbons (Fsp3) is 0.250. The summed E-state index contributed by atoms with van der Waals surface area (Å²) in [6.45, 7) is 3.61. The van der Waals surface area contributed by atoms with E-state index in [9.17, 15) is 0 Å². The standard InChI is InChI=1S/C24H25Br2NO.ClH/c1-18(12-13-19-8-4-2-5-9-19)27-16-21-14-22(25)24(23(26)15-21)28-17-20-10-6-3-7-11-20;/h2-11,14-15,18,27H,12-13,16-17H2,1H3;1H. The third-order valence-corrected chi connectivity index (χ3v) is 5.83. The molecule has 5 heteroatoms. The number of nitrogens with one attached hydrogen (secondary N) is 1. The van der Waals surface area contributed by atoms with Crippen LogP contribution in [0.25, 0.3) is 0 Å². The van der Waals surface area contributed by atoms with Gasteiger partial charge in [-0.2, -0.15) is 0 Å². The first-order valence-electron chi connectivity index (χ1n) is 9.54. The Morgan fingerprint density at radius 2 is 1.38 bits per heavy atom. The molecule has 0 aliphatic rings. The zero-order valence-corrected chi connectivity index (χ0v) is 20.4. The Kier molecular flexibility index (Phi) is 10.2. The molecule has 1 unspecified atom stereocenters. The maximum Gasteiger partial charge on any atom is 0.148 e. The van der Waals surface area contributed by atoms with Crippen LogP contribution in [0.3, 0.4) is 0 Å². The summed E-state index contributed by atoms with van der Waals surface area (Å²) in [7, 11) is 0. The van der Waals surface area contributed by atoms with Gasteiger partial charge in [0.15, 0.2) is 0 Å². The van der Waals surface area contributed by atoms with E-state index >= 15 is 0 Å². The van der Waals surface area contributed by atoms with Gasteiger partial charge < -0.3 is 10.1 Å². The molecule has 0 aliphatic heterocycles. The van der Waals surface area contributed by atoms with Gasteiger partial charge in [-0.1, -0.05) is 60.7 Å². The number of halogens is 3. The van der Waals surface area contributed by atoms with Gasteiger partial charge in [-0.15, -0.1) is 12.4 Å². The van der Waals surface area contributed by atoms with Crippen LogP contribution in [0.5, 0.6) is 5.75 Å². The SMILES string of the molecule is CC(CCc1ccccc1)NCc1cc(Br)c(OCc2ccccc2)c(Br)c1.Cl. The number of aryl methyl sites for hydroxylation is 1. The van der Waals surface area contributed by atoms with Gasteiger partial charge in [-0.05, 0) is 80.4 Å². The molecule has 154 valence electrons. The molecule has 0 bridgehead atoms. The van der Waals surface area contributed by atoms with Gasteiger partial charge in [-0.25, -0.2) is 0 Å². The average molecular weight is 540 g/mol. The number of ether oxygens (including phenoxy) is 1. The highest BCUT2D eigenvalue weighted by atomic mass is 79.9. The first kappa shape index (κ1) is 23.9. The van der Waals surface area contributed by atoms with Gasteiger partial charge >= 0.3 is 0 Å². The molecular weight excluding hydrogens is 514 g/mol. The molecule has 3 aromatic carbocycles. The molecule has 0 amide bonds. The van der Waals surface area contributed by atoms with Gasteiger partial charge in [-0.3, -0.25) is 0 Å². The van der Waals surface area contributed by atoms with E-state index in [4.69, 9.17) is 4.74 Å². The highest BCUT2D eigenvalue weighted by Gasteiger charge is 2.10. The van der Waals surface area contributed by atoms with Crippen LogP contribution in [0, 0.1) is 0 Å². The van der Waals surface area contributed by atoms with Gasteiger partial charge in [0.1, 0.15) is 12.4 Å². The van der Waals surface area contributed by atoms with E-state index < -0.39 is 0 Å². The van der Waals surface area contributed by atoms with Crippen molar-refractivity contribution in [3.63, 3.8) is 0 Å². The van der Waals surface area contributed by atoms with Crippen LogP contribution in [-0.4, -0.2) is 6.04 Å². The lowest BCUT2D eigenvalue weighted by molar-refractivity contribution is 0.302. The summed E-state index contributed by atoms with van der Waals surface area (Å²) in [6, 6.07) is 25.5. The maximum absolute atomic E-state index is 6.01. The molecule has 0 aliphatic carbocycles. The Balaban J connectivity index is 0.00000300. The monoisotopic (exact) mass is 537 g/mol. The van der Waals surface area contributed by atoms with Crippen molar-refractivity contribution in [1.29, 1.82) is 0 Å². The summed E-state index contributed by atoms with van der Waals surface area (Å²) < 4.78 is 7.94. The number of hydrogen-bond acceptors (Lipinski definition) is 2. The minimum absolute atomic E-state index is 0. The minimum Gasteiger partial charge on any atom is -0.487 e. The van der Waals surface area contributed by atoms with Crippen LogP contribution >= 0.6 is 44.3 Å². The Bertz CT molecular complexity index is 852. The quantitative estimate of drug-likeness (QED) is 0.308. The van der Waals surface area contributed by atoms with Crippen molar-refractivity contribution in [3.8, 4) is 5.75 Å². The molecule has 1 atom stereocenters. The van der Waals surface area contributed by atoms with Crippen molar-refractivity contribution in [2.75, 3.05) is 0 Å². The molecule has 0 aromatic heterocycles. The van der Waals surface area contributed by atoms with E-state index in [0.29, 0.717) is 12.6 Å². The van der Waals surface area contributed by atoms with Gasteiger partial charge in [0.2, 0.25) is 0 Å². The predicted octanol–water partition coefficient (Wildman–Crippen LogP) is 7.32. The summed E-state index contributed by atoms with van der Waals surface area (Å²) in [6.07, 6.45) is 2.21. The van der Waals surface area contributed by atoms with E-state index in [-0.39, 0.29) is 12.4 Å². The smallest absolute Gasteiger partial charge is 0.148 e. The Labute approximate surface area is 196 Å². The fourth-order valence-electron chi connectivity index (χ4n) is 3.00. The zero-order valence-electron chi connectivity index (χ0n) is 16.4. The van der Waals surface area contributed by atoms with E-state index in [0.717, 1.165) is 39.6 Å². The molecular formula is C24H26Br2ClNO. The van der Waals surface area contributed by atoms with Crippen LogP contribution < -0.4 is 10.1 Å². The van der Waals surface area contributed by atoms with Crippen molar-refractivity contribution in [1.82, 2.24) is 5.32 Å². The summed E-state index contributed by atoms with van der Waals surface area (Å²) in [5.74, 6) is 0.838. The van der Waals surface area contributed by atoms with E-state index in [2.05, 4.69) is 98.7 Å². The summed E-state index contributed by atoms with van der Waals surface area (Å²) in [5, 5.41) is 3.62. The molecule has 3 aromatic rings. The summed E-state index contributed by atoms with van der Waals surface area (Å²) in [4.78, 5) is 0. The topological polar surface area (TPSA) is 21.3 Å². The van der Waals surface area contributed by atoms with Crippen LogP contribution in [-0.2, 0) is 19.6 Å². The van der Waals surface area contributed by atoms with Crippen LogP contribution in [0.1, 0.15) is 30.0 Å². The lowest BCUT2D eigenvalue weighted by Gasteiger charge is -2.16. The lowest BCUT2D eigenvalue weighted by atomic mass is 10.1. The fourth-order valence-corrected chi connectivity index (χ4v) is 4.51. The minimum atomic E-state index is 0. The highest BCUT2D eigenvalue weighted by Crippen LogP contribution is 2.35. The number of benzene rings is 3. The Morgan fingerprint density at radius 3 is 1.97 bits per heavy atom. The Hall–Kier alpha value is -1.33. The molecule has 3 rings (SSSR count). The van der Waals surface area contributed by atoms with Crippen molar-refractivity contribution in [3.05, 3.63) is 98.4 Å². The lowest BCUT2D eigenvalue weighted by Crippen LogP contribution is -2.26. The molecule has 0 saturated heterocycles. The largest absolute Gasteiger partial charge is 0.487 e. The third-order valence-electron chi connectivity index (χ3n) is 4.65. The molecule has 0 radical (unpaired) electrons. The average Bonchev–Trinajstić information content (AvgIpc) is 2.71. The van der Waals surface area contributed by atoms with Gasteiger partial charge in [0, 0.05) is 12.6 Å². The van der Waals surface area contributed by atoms with E-state index in [1.54, 1.807) is 0 Å². The second-order valence-electron chi connectivity index (χ2n) is 6.97. The van der Waals surface area contributed by atoms with Crippen LogP contribution in [0.2, 0.25) is 0 Å². The van der Waals surface area contributed by atoms with Gasteiger partial charge in [0.25, 0.3) is 0 Å². The van der Waals surface area contributed by atoms with Crippen molar-refractivity contribution in [2.45, 2.75) is 39.0 Å². The van der Waals surface area contributed by atoms with E-state index in [1.807, 2.05) is 18.2 Å². The second-order valence-corrected chi connectivity index (χ2v) is 8.68. The van der Waals surface area contributed by atoms with Gasteiger partial charge in [0.05, 0.1) is 8.95 Å². The first-order valence-corrected chi connectivity index (χ1v) is 11.1. The molecule has 0 spiro atoms. The molecule has 0 fully saturated rings. The number of hydrogen-bond donors (Lipinski definition) is 1. The van der Waals surface area contributed by atoms with Crippen LogP contribution in [0.4, 0.5) is 0 Å². The van der Waals surface area contributed by atoms with Crippen molar-refractivity contribution in [2.24, 2.45) is 0 Å². The second kappa shape index (κ2) is 12.4. The number of rotatable bonds is 9. The van der Waals surface area contributed by atoms with Crippen molar-refractivity contribution < 1.29 is 4.74 Å². The maximum atomic E-state index is 6.01. The van der Waals surface area contributed by atoms with E-state index in [1.165, 1.54) is 11.1 Å². The van der Waals surface area contributed by atoms with Crippen molar-refractivity contribution >= 4 is 44.3 Å². The predicted molar refractivity (Wildman–Crippen MR) is 131 cm³/mol. The molecule has 2 nitrogen and oxygen atoms in total. The molecule has 1 N–H and O–H groups in total. The summed E-state index contributed by atoms with van der Waals surface area (Å²) >= 11 is 7.31. The highest BCUT2D eigenvalue weighted by molar-refractivity contribution is 9.11. The third kappa shape index (κ3) is 7.78. The molecule has 0 heterocycles. The summed E-state index contributed by atoms with van der Waals surface area (Å²) in [5.41, 5.74) is 3.76. The zero-order chi connectivity index (χ0) is 19.8. The first-order chi connectivity index (χ1) is 13.6. The Morgan fingerprint density at radius 1 is 0.828 bits per heavy atom. The molecule has 29 heavy (non-hydrogen) atoms. The normalized spacial score (nSPS) is 11.6.